The largest absolute Gasteiger partial charge is 0.473 e. The molecule has 1 fully saturated rings. The van der Waals surface area contributed by atoms with Gasteiger partial charge in [-0.3, -0.25) is 14.5 Å². The van der Waals surface area contributed by atoms with Gasteiger partial charge in [-0.25, -0.2) is 0 Å². The fourth-order valence-electron chi connectivity index (χ4n) is 4.54. The van der Waals surface area contributed by atoms with Gasteiger partial charge in [-0.15, -0.1) is 0 Å². The Kier molecular flexibility index (Phi) is 5.58. The summed E-state index contributed by atoms with van der Waals surface area (Å²) in [7, 11) is 0. The molecule has 0 aromatic heterocycles. The molecule has 0 radical (unpaired) electrons. The first-order chi connectivity index (χ1) is 15.5. The van der Waals surface area contributed by atoms with Crippen molar-refractivity contribution in [3.63, 3.8) is 0 Å². The fourth-order valence-corrected chi connectivity index (χ4v) is 4.54. The van der Waals surface area contributed by atoms with Crippen molar-refractivity contribution in [2.75, 3.05) is 38.2 Å². The fraction of sp³-hybridized carbons (Fsp3) is 0.417. The molecule has 1 saturated heterocycles. The number of anilines is 1. The summed E-state index contributed by atoms with van der Waals surface area (Å²) < 4.78 is 11.3. The summed E-state index contributed by atoms with van der Waals surface area (Å²) in [6.07, 6.45) is 0.791. The first kappa shape index (κ1) is 20.9. The molecule has 2 atom stereocenters. The van der Waals surface area contributed by atoms with Gasteiger partial charge in [0.25, 0.3) is 11.8 Å². The number of carbonyl (C=O) groups is 2. The molecule has 3 heterocycles. The second-order valence-corrected chi connectivity index (χ2v) is 8.68. The first-order valence-electron chi connectivity index (χ1n) is 11.0. The summed E-state index contributed by atoms with van der Waals surface area (Å²) in [5.74, 6) is -0.0368. The maximum Gasteiger partial charge on any atom is 0.271 e. The lowest BCUT2D eigenvalue weighted by Crippen LogP contribution is -2.51. The number of aliphatic hydroxyl groups is 1. The van der Waals surface area contributed by atoms with Gasteiger partial charge in [0.1, 0.15) is 5.75 Å². The second kappa shape index (κ2) is 8.54. The van der Waals surface area contributed by atoms with Gasteiger partial charge in [0, 0.05) is 38.2 Å². The van der Waals surface area contributed by atoms with Gasteiger partial charge in [-0.2, -0.15) is 0 Å². The normalized spacial score (nSPS) is 23.1. The van der Waals surface area contributed by atoms with Gasteiger partial charge in [0.05, 0.1) is 25.0 Å². The van der Waals surface area contributed by atoms with E-state index in [1.807, 2.05) is 6.07 Å². The van der Waals surface area contributed by atoms with Crippen LogP contribution in [0.15, 0.2) is 42.5 Å². The van der Waals surface area contributed by atoms with E-state index < -0.39 is 11.7 Å². The van der Waals surface area contributed by atoms with Crippen molar-refractivity contribution in [3.05, 3.63) is 59.2 Å². The number of rotatable bonds is 5. The Balaban J connectivity index is 1.16. The summed E-state index contributed by atoms with van der Waals surface area (Å²) in [4.78, 5) is 27.3. The van der Waals surface area contributed by atoms with Gasteiger partial charge in [0.15, 0.2) is 0 Å². The Morgan fingerprint density at radius 2 is 2.09 bits per heavy atom. The smallest absolute Gasteiger partial charge is 0.271 e. The molecule has 0 bridgehead atoms. The molecule has 2 aromatic rings. The molecular formula is C24H27N3O5. The van der Waals surface area contributed by atoms with Gasteiger partial charge in [0.2, 0.25) is 5.60 Å². The van der Waals surface area contributed by atoms with Gasteiger partial charge >= 0.3 is 0 Å². The summed E-state index contributed by atoms with van der Waals surface area (Å²) in [6.45, 7) is 3.04. The lowest BCUT2D eigenvalue weighted by molar-refractivity contribution is -0.132. The predicted molar refractivity (Wildman–Crippen MR) is 118 cm³/mol. The van der Waals surface area contributed by atoms with Crippen LogP contribution < -0.4 is 15.4 Å². The van der Waals surface area contributed by atoms with Crippen LogP contribution in [0.25, 0.3) is 0 Å². The summed E-state index contributed by atoms with van der Waals surface area (Å²) >= 11 is 0. The number of nitrogens with zero attached hydrogens (tertiary/aromatic N) is 1. The lowest BCUT2D eigenvalue weighted by Gasteiger charge is -2.33. The standard InChI is InChI=1S/C24H27N3O5/c28-19(14-27-9-7-16-3-1-2-4-18(16)13-27)12-25-22(29)17-5-6-21-20(11-17)26-23(30)24(32-21)8-10-31-15-24/h1-6,11,19,28H,7-10,12-15H2,(H,25,29)(H,26,30)/t19-,24-/m0/s1. The predicted octanol–water partition coefficient (Wildman–Crippen LogP) is 1.33. The van der Waals surface area contributed by atoms with E-state index in [2.05, 4.69) is 33.7 Å². The molecule has 0 aliphatic carbocycles. The molecule has 168 valence electrons. The average molecular weight is 437 g/mol. The van der Waals surface area contributed by atoms with E-state index in [-0.39, 0.29) is 25.0 Å². The number of aliphatic hydroxyl groups excluding tert-OH is 1. The van der Waals surface area contributed by atoms with Crippen molar-refractivity contribution in [1.82, 2.24) is 10.2 Å². The third-order valence-electron chi connectivity index (χ3n) is 6.37. The zero-order valence-corrected chi connectivity index (χ0v) is 17.8. The van der Waals surface area contributed by atoms with E-state index in [4.69, 9.17) is 9.47 Å². The molecular weight excluding hydrogens is 410 g/mol. The summed E-state index contributed by atoms with van der Waals surface area (Å²) in [5, 5.41) is 16.1. The molecule has 3 aliphatic rings. The number of hydrogen-bond donors (Lipinski definition) is 3. The number of amides is 2. The van der Waals surface area contributed by atoms with Gasteiger partial charge < -0.3 is 25.2 Å². The van der Waals surface area contributed by atoms with Crippen LogP contribution in [-0.2, 0) is 22.5 Å². The van der Waals surface area contributed by atoms with E-state index in [1.54, 1.807) is 18.2 Å². The summed E-state index contributed by atoms with van der Waals surface area (Å²) in [6, 6.07) is 13.3. The highest BCUT2D eigenvalue weighted by atomic mass is 16.6. The monoisotopic (exact) mass is 437 g/mol. The van der Waals surface area contributed by atoms with Crippen molar-refractivity contribution in [3.8, 4) is 5.75 Å². The molecule has 8 heteroatoms. The van der Waals surface area contributed by atoms with Gasteiger partial charge in [-0.05, 0) is 35.7 Å². The topological polar surface area (TPSA) is 100 Å². The number of fused-ring (bicyclic) bond motifs is 2. The third-order valence-corrected chi connectivity index (χ3v) is 6.37. The highest BCUT2D eigenvalue weighted by Gasteiger charge is 2.48. The minimum atomic E-state index is -0.976. The number of hydrogen-bond acceptors (Lipinski definition) is 6. The quantitative estimate of drug-likeness (QED) is 0.653. The molecule has 32 heavy (non-hydrogen) atoms. The Labute approximate surface area is 186 Å². The Morgan fingerprint density at radius 3 is 2.91 bits per heavy atom. The van der Waals surface area contributed by atoms with E-state index in [1.165, 1.54) is 11.1 Å². The first-order valence-corrected chi connectivity index (χ1v) is 11.0. The second-order valence-electron chi connectivity index (χ2n) is 8.68. The van der Waals surface area contributed by atoms with Crippen LogP contribution in [0, 0.1) is 0 Å². The van der Waals surface area contributed by atoms with Crippen molar-refractivity contribution in [1.29, 1.82) is 0 Å². The van der Waals surface area contributed by atoms with E-state index >= 15 is 0 Å². The lowest BCUT2D eigenvalue weighted by atomic mass is 9.99. The van der Waals surface area contributed by atoms with Crippen LogP contribution in [0.1, 0.15) is 27.9 Å². The average Bonchev–Trinajstić information content (AvgIpc) is 3.27. The Morgan fingerprint density at radius 1 is 1.25 bits per heavy atom. The van der Waals surface area contributed by atoms with Crippen LogP contribution >= 0.6 is 0 Å². The number of benzene rings is 2. The van der Waals surface area contributed by atoms with Crippen LogP contribution in [0.2, 0.25) is 0 Å². The van der Waals surface area contributed by atoms with Crippen molar-refractivity contribution in [2.45, 2.75) is 31.1 Å². The zero-order valence-electron chi connectivity index (χ0n) is 17.8. The van der Waals surface area contributed by atoms with E-state index in [0.717, 1.165) is 19.5 Å². The van der Waals surface area contributed by atoms with Gasteiger partial charge in [-0.1, -0.05) is 24.3 Å². The van der Waals surface area contributed by atoms with Crippen molar-refractivity contribution < 1.29 is 24.2 Å². The highest BCUT2D eigenvalue weighted by Crippen LogP contribution is 2.37. The van der Waals surface area contributed by atoms with E-state index in [0.29, 0.717) is 36.6 Å². The van der Waals surface area contributed by atoms with Crippen molar-refractivity contribution >= 4 is 17.5 Å². The molecule has 0 saturated carbocycles. The molecule has 1 spiro atoms. The minimum absolute atomic E-state index is 0.150. The molecule has 3 aliphatic heterocycles. The minimum Gasteiger partial charge on any atom is -0.473 e. The zero-order chi connectivity index (χ0) is 22.1. The van der Waals surface area contributed by atoms with Crippen molar-refractivity contribution in [2.24, 2.45) is 0 Å². The number of ether oxygens (including phenoxy) is 2. The highest BCUT2D eigenvalue weighted by molar-refractivity contribution is 6.03. The molecule has 8 nitrogen and oxygen atoms in total. The van der Waals surface area contributed by atoms with Crippen LogP contribution in [0.3, 0.4) is 0 Å². The Hall–Kier alpha value is -2.94. The van der Waals surface area contributed by atoms with E-state index in [9.17, 15) is 14.7 Å². The third kappa shape index (κ3) is 4.09. The molecule has 5 rings (SSSR count). The molecule has 2 amide bonds. The number of nitrogens with one attached hydrogen (secondary N) is 2. The van der Waals surface area contributed by atoms with Crippen LogP contribution in [-0.4, -0.2) is 66.4 Å². The number of β-amino-alcohol motifs (C(OH)–C–C–N with tert-alkyl or cyclic N) is 1. The molecule has 0 unspecified atom stereocenters. The maximum atomic E-state index is 12.6. The molecule has 3 N–H and O–H groups in total. The maximum absolute atomic E-state index is 12.6. The number of carbonyl (C=O) groups excluding carboxylic acids is 2. The van der Waals surface area contributed by atoms with Crippen LogP contribution in [0.5, 0.6) is 5.75 Å². The van der Waals surface area contributed by atoms with Crippen LogP contribution in [0.4, 0.5) is 5.69 Å². The Bertz CT molecular complexity index is 1030. The summed E-state index contributed by atoms with van der Waals surface area (Å²) in [5.41, 5.74) is 2.54. The SMILES string of the molecule is O=C(NC[C@H](O)CN1CCc2ccccc2C1)c1ccc2c(c1)NC(=O)[C@@]1(CCOC1)O2. The molecule has 2 aromatic carbocycles.